The molecule has 0 spiro atoms. The first-order chi connectivity index (χ1) is 13.6. The average Bonchev–Trinajstić information content (AvgIpc) is 2.83. The Morgan fingerprint density at radius 3 is 0.625 bits per heavy atom. The highest BCUT2D eigenvalue weighted by Gasteiger charge is 2.89. The van der Waals surface area contributed by atoms with Crippen LogP contribution in [0.4, 0.5) is 0 Å². The van der Waals surface area contributed by atoms with Crippen LogP contribution in [0.2, 0.25) is 126 Å². The summed E-state index contributed by atoms with van der Waals surface area (Å²) in [6.07, 6.45) is 0. The van der Waals surface area contributed by atoms with Crippen molar-refractivity contribution >= 4 is 101 Å². The summed E-state index contributed by atoms with van der Waals surface area (Å²) in [6, 6.07) is 0. The van der Waals surface area contributed by atoms with E-state index in [1.807, 2.05) is 0 Å². The zero-order valence-corrected chi connectivity index (χ0v) is 35.9. The molecule has 0 aromatic heterocycles. The first kappa shape index (κ1) is 31.4. The van der Waals surface area contributed by atoms with Crippen molar-refractivity contribution in [3.8, 4) is 0 Å². The van der Waals surface area contributed by atoms with Crippen molar-refractivity contribution in [1.29, 1.82) is 0 Å². The van der Waals surface area contributed by atoms with Crippen LogP contribution >= 0.6 is 41.8 Å². The standard InChI is InChI=1S/C20H54S4Si8/c1-25(2,3)19(26(4,5)6,27(7,8)9)31-21-22-32(23-31,24-31)20(28(10,11)12,29(13,14)15)30(16,17)18/h1-18H3. The summed E-state index contributed by atoms with van der Waals surface area (Å²) in [6.45, 7) is 50.3. The summed E-state index contributed by atoms with van der Waals surface area (Å²) in [4.78, 5) is 0. The Hall–Kier alpha value is 3.14. The molecule has 2 bridgehead atoms. The van der Waals surface area contributed by atoms with Crippen LogP contribution in [0, 0.1) is 0 Å². The highest BCUT2D eigenvalue weighted by atomic mass is 33.5. The topological polar surface area (TPSA) is 0 Å². The number of hydrogen-bond acceptors (Lipinski definition) is 4. The highest BCUT2D eigenvalue weighted by molar-refractivity contribution is 9.40. The molecule has 0 aromatic rings. The molecule has 190 valence electrons. The fourth-order valence-corrected chi connectivity index (χ4v) is 250. The molecule has 0 amide bonds. The van der Waals surface area contributed by atoms with E-state index in [2.05, 4.69) is 160 Å². The lowest BCUT2D eigenvalue weighted by molar-refractivity contribution is 1.23. The maximum Gasteiger partial charge on any atom is 0.239 e. The van der Waals surface area contributed by atoms with Gasteiger partial charge in [-0.15, -0.1) is 20.5 Å². The van der Waals surface area contributed by atoms with Gasteiger partial charge in [0.2, 0.25) is 11.0 Å². The van der Waals surface area contributed by atoms with Crippen molar-refractivity contribution in [3.05, 3.63) is 0 Å². The third-order valence-corrected chi connectivity index (χ3v) is 135. The summed E-state index contributed by atoms with van der Waals surface area (Å²) >= 11 is 0. The molecular formula is C20H54S4Si8. The van der Waals surface area contributed by atoms with Crippen LogP contribution in [-0.4, -0.2) is 59.5 Å². The Morgan fingerprint density at radius 2 is 0.500 bits per heavy atom. The van der Waals surface area contributed by atoms with Crippen molar-refractivity contribution in [2.75, 3.05) is 0 Å². The number of hydrogen-bond donors (Lipinski definition) is 0. The Balaban J connectivity index is 2.87. The van der Waals surface area contributed by atoms with E-state index in [0.29, 0.717) is 0 Å². The smallest absolute Gasteiger partial charge is 0.162 e. The first-order valence-electron chi connectivity index (χ1n) is 12.4. The zero-order valence-electron chi connectivity index (χ0n) is 24.6. The molecule has 3 fully saturated rings. The molecule has 0 nitrogen and oxygen atoms in total. The predicted molar refractivity (Wildman–Crippen MR) is 187 cm³/mol. The minimum absolute atomic E-state index is 0.768. The molecular weight excluding hydrogens is 593 g/mol. The first-order valence-corrected chi connectivity index (χ1v) is 45.5. The SMILES string of the molecule is C[Si](C)(C)C([Si](C)(C)C)([Si](C)(C)C)[Si]12SS[Si](C([Si](C)(C)C)([Si](C)(C)C)[Si](C)(C)C)(S1)S2. The Kier molecular flexibility index (Phi) is 8.15. The van der Waals surface area contributed by atoms with E-state index in [4.69, 9.17) is 0 Å². The van der Waals surface area contributed by atoms with Gasteiger partial charge in [-0.05, 0) is 7.82 Å². The third kappa shape index (κ3) is 3.86. The molecule has 32 heavy (non-hydrogen) atoms. The lowest BCUT2D eigenvalue weighted by Crippen LogP contribution is -2.81. The molecule has 0 N–H and O–H groups in total. The van der Waals surface area contributed by atoms with Gasteiger partial charge in [0.25, 0.3) is 0 Å². The molecule has 0 aromatic carbocycles. The molecule has 0 saturated carbocycles. The minimum atomic E-state index is -1.52. The van der Waals surface area contributed by atoms with Crippen LogP contribution in [0.25, 0.3) is 0 Å². The maximum absolute atomic E-state index is 2.84. The molecule has 12 heteroatoms. The summed E-state index contributed by atoms with van der Waals surface area (Å²) in [5, 5.41) is 0. The lowest BCUT2D eigenvalue weighted by Gasteiger charge is -2.73. The van der Waals surface area contributed by atoms with Gasteiger partial charge < -0.3 is 0 Å². The van der Waals surface area contributed by atoms with Crippen molar-refractivity contribution in [3.63, 3.8) is 0 Å². The Bertz CT molecular complexity index is 604. The fraction of sp³-hybridized carbons (Fsp3) is 1.00. The highest BCUT2D eigenvalue weighted by Crippen LogP contribution is 2.93. The van der Waals surface area contributed by atoms with Crippen LogP contribution in [0.15, 0.2) is 0 Å². The monoisotopic (exact) mass is 646 g/mol. The summed E-state index contributed by atoms with van der Waals surface area (Å²) in [7, 11) is 2.64. The molecule has 0 aliphatic carbocycles. The molecule has 0 unspecified atom stereocenters. The second-order valence-corrected chi connectivity index (χ2v) is 83.0. The van der Waals surface area contributed by atoms with Gasteiger partial charge in [0.1, 0.15) is 0 Å². The predicted octanol–water partition coefficient (Wildman–Crippen LogP) is 10.5. The van der Waals surface area contributed by atoms with Crippen LogP contribution in [-0.2, 0) is 0 Å². The second kappa shape index (κ2) is 8.32. The van der Waals surface area contributed by atoms with Crippen LogP contribution in [0.5, 0.6) is 0 Å². The van der Waals surface area contributed by atoms with Gasteiger partial charge in [0.15, 0.2) is 0 Å². The van der Waals surface area contributed by atoms with E-state index >= 15 is 0 Å². The Morgan fingerprint density at radius 1 is 0.344 bits per heavy atom. The van der Waals surface area contributed by atoms with Gasteiger partial charge in [-0.3, -0.25) is 0 Å². The van der Waals surface area contributed by atoms with E-state index in [9.17, 15) is 0 Å². The van der Waals surface area contributed by atoms with Crippen molar-refractivity contribution < 1.29 is 0 Å². The normalized spacial score (nSPS) is 28.7. The lowest BCUT2D eigenvalue weighted by atomic mass is 11.6. The maximum atomic E-state index is 2.84. The van der Waals surface area contributed by atoms with Crippen molar-refractivity contribution in [2.24, 2.45) is 0 Å². The van der Waals surface area contributed by atoms with E-state index in [1.165, 1.54) is 0 Å². The van der Waals surface area contributed by atoms with Gasteiger partial charge in [0.05, 0.1) is 0 Å². The van der Waals surface area contributed by atoms with E-state index < -0.39 is 59.5 Å². The molecule has 3 heterocycles. The molecule has 3 saturated heterocycles. The third-order valence-electron chi connectivity index (χ3n) is 8.47. The second-order valence-electron chi connectivity index (χ2n) is 16.5. The Labute approximate surface area is 224 Å². The molecule has 0 atom stereocenters. The summed E-state index contributed by atoms with van der Waals surface area (Å²) < 4.78 is 1.54. The quantitative estimate of drug-likeness (QED) is 0.190. The molecule has 3 rings (SSSR count). The van der Waals surface area contributed by atoms with E-state index in [0.717, 1.165) is 7.82 Å². The van der Waals surface area contributed by atoms with Gasteiger partial charge in [-0.2, -0.15) is 21.3 Å². The van der Waals surface area contributed by atoms with Crippen LogP contribution in [0.3, 0.4) is 0 Å². The molecule has 0 radical (unpaired) electrons. The van der Waals surface area contributed by atoms with Crippen molar-refractivity contribution in [2.45, 2.75) is 126 Å². The number of rotatable bonds is 8. The van der Waals surface area contributed by atoms with E-state index in [-0.39, 0.29) is 0 Å². The van der Waals surface area contributed by atoms with Crippen molar-refractivity contribution in [1.82, 2.24) is 0 Å². The van der Waals surface area contributed by atoms with Gasteiger partial charge in [-0.1, -0.05) is 118 Å². The van der Waals surface area contributed by atoms with Gasteiger partial charge in [0, 0.05) is 48.4 Å². The van der Waals surface area contributed by atoms with Crippen LogP contribution < -0.4 is 0 Å². The molecule has 3 aliphatic heterocycles. The number of fused-ring (bicyclic) bond motifs is 1. The van der Waals surface area contributed by atoms with E-state index in [1.54, 1.807) is 0 Å². The summed E-state index contributed by atoms with van der Waals surface area (Å²) in [5.74, 6) is 0. The largest absolute Gasteiger partial charge is 0.239 e. The molecule has 3 aliphatic rings. The minimum Gasteiger partial charge on any atom is -0.162 e. The zero-order chi connectivity index (χ0) is 25.8. The summed E-state index contributed by atoms with van der Waals surface area (Å²) in [5.41, 5.74) is -3.04. The average molecular weight is 648 g/mol. The van der Waals surface area contributed by atoms with Crippen LogP contribution in [0.1, 0.15) is 0 Å². The van der Waals surface area contributed by atoms with Gasteiger partial charge in [-0.25, -0.2) is 0 Å². The fourth-order valence-electron chi connectivity index (χ4n) is 10.5. The van der Waals surface area contributed by atoms with Gasteiger partial charge >= 0.3 is 0 Å².